The number of H-pyrrole nitrogens is 1. The summed E-state index contributed by atoms with van der Waals surface area (Å²) in [6, 6.07) is 12.5. The molecular weight excluding hydrogens is 471 g/mol. The van der Waals surface area contributed by atoms with Crippen LogP contribution in [-0.4, -0.2) is 55.3 Å². The van der Waals surface area contributed by atoms with Crippen LogP contribution in [0.3, 0.4) is 0 Å². The fraction of sp³-hybridized carbons (Fsp3) is 0.444. The molecule has 3 aromatic rings. The summed E-state index contributed by atoms with van der Waals surface area (Å²) >= 11 is 0. The van der Waals surface area contributed by atoms with Gasteiger partial charge in [-0.25, -0.2) is 0 Å². The van der Waals surface area contributed by atoms with Gasteiger partial charge in [0.1, 0.15) is 6.04 Å². The van der Waals surface area contributed by atoms with Crippen LogP contribution in [0.4, 0.5) is 13.2 Å². The number of aromatic nitrogens is 1. The number of nitrogens with zero attached hydrogens (tertiary/aromatic N) is 1. The quantitative estimate of drug-likeness (QED) is 0.376. The van der Waals surface area contributed by atoms with Crippen LogP contribution in [0.15, 0.2) is 48.5 Å². The molecule has 1 fully saturated rings. The van der Waals surface area contributed by atoms with E-state index in [0.29, 0.717) is 26.0 Å². The van der Waals surface area contributed by atoms with E-state index in [2.05, 4.69) is 21.3 Å². The number of para-hydroxylation sites is 1. The molecule has 2 N–H and O–H groups in total. The SMILES string of the molecule is COCCN[C@H]1C[C@@H]2c3[nH]c4ccccc4c3C[C@@H](C(=O)OC)N2[C@H](c2ccc(C(F)(F)F)cc2)C1. The van der Waals surface area contributed by atoms with Crippen LogP contribution < -0.4 is 5.32 Å². The Balaban J connectivity index is 1.59. The minimum Gasteiger partial charge on any atom is -0.468 e. The first-order chi connectivity index (χ1) is 17.3. The molecule has 1 saturated heterocycles. The number of fused-ring (bicyclic) bond motifs is 5. The lowest BCUT2D eigenvalue weighted by Gasteiger charge is -2.50. The van der Waals surface area contributed by atoms with Gasteiger partial charge in [-0.2, -0.15) is 13.2 Å². The molecule has 0 spiro atoms. The molecule has 192 valence electrons. The molecule has 1 aromatic heterocycles. The second kappa shape index (κ2) is 9.88. The van der Waals surface area contributed by atoms with Gasteiger partial charge < -0.3 is 19.8 Å². The maximum absolute atomic E-state index is 13.2. The van der Waals surface area contributed by atoms with E-state index >= 15 is 0 Å². The lowest BCUT2D eigenvalue weighted by atomic mass is 9.79. The summed E-state index contributed by atoms with van der Waals surface area (Å²) in [5, 5.41) is 4.64. The van der Waals surface area contributed by atoms with Crippen LogP contribution in [0.2, 0.25) is 0 Å². The van der Waals surface area contributed by atoms with E-state index in [1.165, 1.54) is 19.2 Å². The second-order valence-electron chi connectivity index (χ2n) is 9.52. The summed E-state index contributed by atoms with van der Waals surface area (Å²) in [5.41, 5.74) is 3.24. The van der Waals surface area contributed by atoms with Crippen LogP contribution >= 0.6 is 0 Å². The summed E-state index contributed by atoms with van der Waals surface area (Å²) in [7, 11) is 3.03. The number of hydrogen-bond acceptors (Lipinski definition) is 5. The minimum atomic E-state index is -4.41. The molecule has 2 aliphatic heterocycles. The highest BCUT2D eigenvalue weighted by molar-refractivity contribution is 5.87. The Labute approximate surface area is 207 Å². The van der Waals surface area contributed by atoms with Crippen LogP contribution in [0.25, 0.3) is 10.9 Å². The molecule has 0 saturated carbocycles. The van der Waals surface area contributed by atoms with Crippen LogP contribution in [0.5, 0.6) is 0 Å². The van der Waals surface area contributed by atoms with E-state index < -0.39 is 17.8 Å². The number of hydrogen-bond donors (Lipinski definition) is 2. The number of benzene rings is 2. The van der Waals surface area contributed by atoms with Gasteiger partial charge in [0.25, 0.3) is 0 Å². The number of nitrogens with one attached hydrogen (secondary N) is 2. The van der Waals surface area contributed by atoms with Gasteiger partial charge in [0.15, 0.2) is 0 Å². The zero-order chi connectivity index (χ0) is 25.4. The van der Waals surface area contributed by atoms with E-state index in [-0.39, 0.29) is 24.1 Å². The molecule has 4 atom stereocenters. The van der Waals surface area contributed by atoms with E-state index in [1.54, 1.807) is 7.11 Å². The van der Waals surface area contributed by atoms with Crippen LogP contribution in [0.1, 0.15) is 47.3 Å². The number of methoxy groups -OCH3 is 2. The van der Waals surface area contributed by atoms with Crippen LogP contribution in [0, 0.1) is 0 Å². The fourth-order valence-corrected chi connectivity index (χ4v) is 5.90. The molecule has 3 heterocycles. The van der Waals surface area contributed by atoms with Crippen molar-refractivity contribution in [3.8, 4) is 0 Å². The third-order valence-electron chi connectivity index (χ3n) is 7.51. The van der Waals surface area contributed by atoms with Crippen molar-refractivity contribution in [3.63, 3.8) is 0 Å². The van der Waals surface area contributed by atoms with Crippen molar-refractivity contribution in [2.75, 3.05) is 27.4 Å². The van der Waals surface area contributed by atoms with Crippen LogP contribution in [-0.2, 0) is 26.9 Å². The highest BCUT2D eigenvalue weighted by Gasteiger charge is 2.48. The van der Waals surface area contributed by atoms with Gasteiger partial charge in [0, 0.05) is 48.8 Å². The van der Waals surface area contributed by atoms with E-state index in [1.807, 2.05) is 18.2 Å². The summed E-state index contributed by atoms with van der Waals surface area (Å²) in [4.78, 5) is 18.8. The number of aromatic amines is 1. The summed E-state index contributed by atoms with van der Waals surface area (Å²) in [6.45, 7) is 1.21. The topological polar surface area (TPSA) is 66.6 Å². The Hall–Kier alpha value is -2.88. The number of rotatable bonds is 6. The van der Waals surface area contributed by atoms with Gasteiger partial charge in [-0.3, -0.25) is 9.69 Å². The van der Waals surface area contributed by atoms with E-state index in [4.69, 9.17) is 9.47 Å². The second-order valence-corrected chi connectivity index (χ2v) is 9.52. The summed E-state index contributed by atoms with van der Waals surface area (Å²) in [6.07, 6.45) is -2.54. The normalized spacial score (nSPS) is 24.4. The monoisotopic (exact) mass is 501 g/mol. The van der Waals surface area contributed by atoms with Crippen molar-refractivity contribution >= 4 is 16.9 Å². The van der Waals surface area contributed by atoms with E-state index in [9.17, 15) is 18.0 Å². The third-order valence-corrected chi connectivity index (χ3v) is 7.51. The zero-order valence-corrected chi connectivity index (χ0v) is 20.3. The first-order valence-corrected chi connectivity index (χ1v) is 12.2. The number of piperidine rings is 1. The number of alkyl halides is 3. The average molecular weight is 502 g/mol. The lowest BCUT2D eigenvalue weighted by molar-refractivity contribution is -0.152. The fourth-order valence-electron chi connectivity index (χ4n) is 5.90. The predicted octanol–water partition coefficient (Wildman–Crippen LogP) is 4.77. The Kier molecular flexibility index (Phi) is 6.80. The minimum absolute atomic E-state index is 0.0874. The van der Waals surface area contributed by atoms with E-state index in [0.717, 1.165) is 46.3 Å². The largest absolute Gasteiger partial charge is 0.468 e. The molecule has 6 nitrogen and oxygen atoms in total. The van der Waals surface area contributed by atoms with Crippen molar-refractivity contribution in [2.45, 2.75) is 49.6 Å². The first kappa shape index (κ1) is 24.8. The Morgan fingerprint density at radius 3 is 2.50 bits per heavy atom. The molecule has 9 heteroatoms. The Morgan fingerprint density at radius 1 is 1.08 bits per heavy atom. The van der Waals surface area contributed by atoms with Gasteiger partial charge in [-0.15, -0.1) is 0 Å². The molecule has 2 aromatic carbocycles. The third kappa shape index (κ3) is 4.51. The van der Waals surface area contributed by atoms with Crippen molar-refractivity contribution in [1.82, 2.24) is 15.2 Å². The van der Waals surface area contributed by atoms with Gasteiger partial charge >= 0.3 is 12.1 Å². The molecule has 0 amide bonds. The average Bonchev–Trinajstić information content (AvgIpc) is 3.26. The maximum atomic E-state index is 13.2. The van der Waals surface area contributed by atoms with Gasteiger partial charge in [0.05, 0.1) is 25.3 Å². The standard InChI is InChI=1S/C27H30F3N3O3/c1-35-12-11-31-18-13-22(16-7-9-17(10-8-16)27(28,29)30)33-23(14-18)25-20(15-24(33)26(34)36-2)19-5-3-4-6-21(19)32-25/h3-10,18,22-24,31-32H,11-15H2,1-2H3/t18-,22+,23-,24+/m1/s1. The lowest BCUT2D eigenvalue weighted by Crippen LogP contribution is -2.55. The number of ether oxygens (including phenoxy) is 2. The highest BCUT2D eigenvalue weighted by Crippen LogP contribution is 2.49. The Morgan fingerprint density at radius 2 is 1.81 bits per heavy atom. The smallest absolute Gasteiger partial charge is 0.416 e. The Bertz CT molecular complexity index is 1220. The van der Waals surface area contributed by atoms with Crippen molar-refractivity contribution in [1.29, 1.82) is 0 Å². The van der Waals surface area contributed by atoms with Gasteiger partial charge in [-0.1, -0.05) is 30.3 Å². The number of halogens is 3. The highest BCUT2D eigenvalue weighted by atomic mass is 19.4. The summed E-state index contributed by atoms with van der Waals surface area (Å²) < 4.78 is 50.2. The summed E-state index contributed by atoms with van der Waals surface area (Å²) in [5.74, 6) is -0.335. The molecule has 0 radical (unpaired) electrons. The maximum Gasteiger partial charge on any atom is 0.416 e. The molecule has 5 rings (SSSR count). The first-order valence-electron chi connectivity index (χ1n) is 12.2. The number of carbonyl (C=O) groups excluding carboxylic acids is 1. The van der Waals surface area contributed by atoms with Gasteiger partial charge in [-0.05, 0) is 42.2 Å². The molecular formula is C27H30F3N3O3. The molecule has 2 aliphatic rings. The van der Waals surface area contributed by atoms with Gasteiger partial charge in [0.2, 0.25) is 0 Å². The van der Waals surface area contributed by atoms with Crippen molar-refractivity contribution < 1.29 is 27.4 Å². The molecule has 36 heavy (non-hydrogen) atoms. The molecule has 0 aliphatic carbocycles. The molecule has 0 bridgehead atoms. The molecule has 0 unspecified atom stereocenters. The number of esters is 1. The van der Waals surface area contributed by atoms with Crippen molar-refractivity contribution in [2.24, 2.45) is 0 Å². The van der Waals surface area contributed by atoms with Crippen molar-refractivity contribution in [3.05, 3.63) is 70.9 Å². The number of carbonyl (C=O) groups is 1. The predicted molar refractivity (Wildman–Crippen MR) is 129 cm³/mol. The zero-order valence-electron chi connectivity index (χ0n) is 20.3.